The van der Waals surface area contributed by atoms with E-state index >= 15 is 0 Å². The van der Waals surface area contributed by atoms with Gasteiger partial charge in [0.05, 0.1) is 5.02 Å². The standard InChI is InChI=1S/C14H15ClFN3O3/c1-8(2)17-13(21)14(22)19-18-12(20)7-6-9-10(15)4-3-5-11(9)16/h3-8H,1-2H3,(H,17,21)(H,18,20)(H,19,22)/b7-6+. The van der Waals surface area contributed by atoms with Gasteiger partial charge in [-0.3, -0.25) is 25.2 Å². The lowest BCUT2D eigenvalue weighted by Crippen LogP contribution is -2.49. The first-order valence-electron chi connectivity index (χ1n) is 6.34. The molecule has 8 heteroatoms. The van der Waals surface area contributed by atoms with E-state index in [1.807, 2.05) is 10.9 Å². The van der Waals surface area contributed by atoms with Crippen LogP contribution in [0.5, 0.6) is 0 Å². The molecule has 1 aromatic carbocycles. The minimum absolute atomic E-state index is 0.0446. The molecule has 0 aliphatic heterocycles. The van der Waals surface area contributed by atoms with E-state index in [2.05, 4.69) is 5.32 Å². The highest BCUT2D eigenvalue weighted by Crippen LogP contribution is 2.19. The van der Waals surface area contributed by atoms with E-state index in [4.69, 9.17) is 11.6 Å². The SMILES string of the molecule is CC(C)NC(=O)C(=O)NNC(=O)/C=C/c1c(F)cccc1Cl. The second-order valence-corrected chi connectivity index (χ2v) is 4.95. The zero-order valence-corrected chi connectivity index (χ0v) is 12.7. The van der Waals surface area contributed by atoms with Gasteiger partial charge in [0.1, 0.15) is 5.82 Å². The molecule has 0 unspecified atom stereocenters. The molecule has 0 aliphatic rings. The summed E-state index contributed by atoms with van der Waals surface area (Å²) in [5.74, 6) is -3.22. The van der Waals surface area contributed by atoms with Gasteiger partial charge in [-0.15, -0.1) is 0 Å². The minimum atomic E-state index is -1.01. The van der Waals surface area contributed by atoms with Crippen molar-refractivity contribution in [1.29, 1.82) is 0 Å². The molecule has 0 radical (unpaired) electrons. The first-order chi connectivity index (χ1) is 10.3. The fourth-order valence-electron chi connectivity index (χ4n) is 1.37. The molecule has 0 aromatic heterocycles. The van der Waals surface area contributed by atoms with E-state index in [-0.39, 0.29) is 16.6 Å². The van der Waals surface area contributed by atoms with Gasteiger partial charge < -0.3 is 5.32 Å². The molecule has 0 saturated heterocycles. The van der Waals surface area contributed by atoms with Gasteiger partial charge in [-0.25, -0.2) is 4.39 Å². The zero-order chi connectivity index (χ0) is 16.7. The number of hydrazine groups is 1. The number of carbonyl (C=O) groups excluding carboxylic acids is 3. The van der Waals surface area contributed by atoms with Crippen LogP contribution in [0.3, 0.4) is 0 Å². The van der Waals surface area contributed by atoms with Crippen LogP contribution in [0.15, 0.2) is 24.3 Å². The summed E-state index contributed by atoms with van der Waals surface area (Å²) in [6, 6.07) is 3.89. The van der Waals surface area contributed by atoms with E-state index < -0.39 is 23.5 Å². The third kappa shape index (κ3) is 5.53. The van der Waals surface area contributed by atoms with Crippen molar-refractivity contribution in [2.24, 2.45) is 0 Å². The van der Waals surface area contributed by atoms with E-state index in [9.17, 15) is 18.8 Å². The molecule has 0 aliphatic carbocycles. The third-order valence-electron chi connectivity index (χ3n) is 2.33. The summed E-state index contributed by atoms with van der Waals surface area (Å²) in [7, 11) is 0. The Balaban J connectivity index is 2.55. The fraction of sp³-hybridized carbons (Fsp3) is 0.214. The Hall–Kier alpha value is -2.41. The lowest BCUT2D eigenvalue weighted by Gasteiger charge is -2.08. The molecular formula is C14H15ClFN3O3. The largest absolute Gasteiger partial charge is 0.346 e. The van der Waals surface area contributed by atoms with Gasteiger partial charge in [0.25, 0.3) is 5.91 Å². The Morgan fingerprint density at radius 1 is 1.18 bits per heavy atom. The summed E-state index contributed by atoms with van der Waals surface area (Å²) in [5.41, 5.74) is 3.96. The van der Waals surface area contributed by atoms with Gasteiger partial charge >= 0.3 is 11.8 Å². The number of carbonyl (C=O) groups is 3. The van der Waals surface area contributed by atoms with Crippen LogP contribution in [0.25, 0.3) is 6.08 Å². The van der Waals surface area contributed by atoms with Crippen LogP contribution < -0.4 is 16.2 Å². The monoisotopic (exact) mass is 327 g/mol. The van der Waals surface area contributed by atoms with Crippen LogP contribution in [-0.4, -0.2) is 23.8 Å². The van der Waals surface area contributed by atoms with Gasteiger partial charge in [0.2, 0.25) is 0 Å². The molecule has 0 saturated carbocycles. The first kappa shape index (κ1) is 17.6. The molecule has 6 nitrogen and oxygen atoms in total. The lowest BCUT2D eigenvalue weighted by atomic mass is 10.2. The predicted molar refractivity (Wildman–Crippen MR) is 80.0 cm³/mol. The highest BCUT2D eigenvalue weighted by Gasteiger charge is 2.14. The third-order valence-corrected chi connectivity index (χ3v) is 2.66. The second kappa shape index (κ2) is 8.14. The Morgan fingerprint density at radius 2 is 1.86 bits per heavy atom. The maximum Gasteiger partial charge on any atom is 0.327 e. The van der Waals surface area contributed by atoms with Crippen LogP contribution >= 0.6 is 11.6 Å². The number of hydrogen-bond acceptors (Lipinski definition) is 3. The Labute approximate surface area is 131 Å². The first-order valence-corrected chi connectivity index (χ1v) is 6.72. The Morgan fingerprint density at radius 3 is 2.45 bits per heavy atom. The van der Waals surface area contributed by atoms with E-state index in [1.54, 1.807) is 13.8 Å². The van der Waals surface area contributed by atoms with Crippen molar-refractivity contribution >= 4 is 35.4 Å². The quantitative estimate of drug-likeness (QED) is 0.442. The number of benzene rings is 1. The van der Waals surface area contributed by atoms with Crippen LogP contribution in [0.1, 0.15) is 19.4 Å². The molecule has 1 rings (SSSR count). The van der Waals surface area contributed by atoms with Gasteiger partial charge in [-0.2, -0.15) is 0 Å². The number of nitrogens with one attached hydrogen (secondary N) is 3. The number of amides is 3. The molecule has 0 heterocycles. The van der Waals surface area contributed by atoms with Crippen molar-refractivity contribution in [2.75, 3.05) is 0 Å². The molecule has 0 bridgehead atoms. The summed E-state index contributed by atoms with van der Waals surface area (Å²) in [4.78, 5) is 34.1. The molecule has 1 aromatic rings. The topological polar surface area (TPSA) is 87.3 Å². The smallest absolute Gasteiger partial charge is 0.327 e. The number of hydrogen-bond donors (Lipinski definition) is 3. The molecule has 0 fully saturated rings. The summed E-state index contributed by atoms with van der Waals surface area (Å²) < 4.78 is 13.5. The maximum absolute atomic E-state index is 13.5. The van der Waals surface area contributed by atoms with E-state index in [1.165, 1.54) is 18.2 Å². The van der Waals surface area contributed by atoms with Crippen molar-refractivity contribution in [3.05, 3.63) is 40.7 Å². The average Bonchev–Trinajstić information content (AvgIpc) is 2.43. The molecule has 3 N–H and O–H groups in total. The molecule has 118 valence electrons. The normalized spacial score (nSPS) is 10.6. The molecule has 0 spiro atoms. The highest BCUT2D eigenvalue weighted by atomic mass is 35.5. The fourth-order valence-corrected chi connectivity index (χ4v) is 1.60. The van der Waals surface area contributed by atoms with Crippen LogP contribution in [-0.2, 0) is 14.4 Å². The summed E-state index contributed by atoms with van der Waals surface area (Å²) in [6.45, 7) is 3.37. The summed E-state index contributed by atoms with van der Waals surface area (Å²) >= 11 is 5.78. The summed E-state index contributed by atoms with van der Waals surface area (Å²) in [6.07, 6.45) is 2.14. The Bertz CT molecular complexity index is 597. The van der Waals surface area contributed by atoms with E-state index in [0.717, 1.165) is 12.2 Å². The minimum Gasteiger partial charge on any atom is -0.346 e. The van der Waals surface area contributed by atoms with Crippen molar-refractivity contribution in [3.63, 3.8) is 0 Å². The van der Waals surface area contributed by atoms with Crippen molar-refractivity contribution < 1.29 is 18.8 Å². The maximum atomic E-state index is 13.5. The van der Waals surface area contributed by atoms with Gasteiger partial charge in [-0.05, 0) is 32.1 Å². The van der Waals surface area contributed by atoms with Crippen molar-refractivity contribution in [1.82, 2.24) is 16.2 Å². The van der Waals surface area contributed by atoms with Crippen LogP contribution in [0.4, 0.5) is 4.39 Å². The number of rotatable bonds is 3. The second-order valence-electron chi connectivity index (χ2n) is 4.54. The zero-order valence-electron chi connectivity index (χ0n) is 11.9. The lowest BCUT2D eigenvalue weighted by molar-refractivity contribution is -0.140. The average molecular weight is 328 g/mol. The van der Waals surface area contributed by atoms with Crippen LogP contribution in [0, 0.1) is 5.82 Å². The van der Waals surface area contributed by atoms with Gasteiger partial charge in [-0.1, -0.05) is 17.7 Å². The van der Waals surface area contributed by atoms with Gasteiger partial charge in [0, 0.05) is 17.7 Å². The highest BCUT2D eigenvalue weighted by molar-refractivity contribution is 6.35. The predicted octanol–water partition coefficient (Wildman–Crippen LogP) is 1.16. The van der Waals surface area contributed by atoms with Crippen molar-refractivity contribution in [2.45, 2.75) is 19.9 Å². The molecule has 22 heavy (non-hydrogen) atoms. The molecule has 3 amide bonds. The Kier molecular flexibility index (Phi) is 6.52. The number of halogens is 2. The summed E-state index contributed by atoms with van der Waals surface area (Å²) in [5, 5.41) is 2.49. The van der Waals surface area contributed by atoms with Crippen molar-refractivity contribution in [3.8, 4) is 0 Å². The van der Waals surface area contributed by atoms with E-state index in [0.29, 0.717) is 0 Å². The van der Waals surface area contributed by atoms with Crippen LogP contribution in [0.2, 0.25) is 5.02 Å². The molecular weight excluding hydrogens is 313 g/mol. The van der Waals surface area contributed by atoms with Gasteiger partial charge in [0.15, 0.2) is 0 Å². The molecule has 0 atom stereocenters.